The van der Waals surface area contributed by atoms with Crippen LogP contribution in [0.5, 0.6) is 5.75 Å². The lowest BCUT2D eigenvalue weighted by Gasteiger charge is -2.18. The third kappa shape index (κ3) is 4.85. The maximum Gasteiger partial charge on any atom is 0.265 e. The largest absolute Gasteiger partial charge is 0.481 e. The molecule has 5 nitrogen and oxygen atoms in total. The fourth-order valence-corrected chi connectivity index (χ4v) is 2.83. The number of hydrogen-bond acceptors (Lipinski definition) is 3. The van der Waals surface area contributed by atoms with E-state index < -0.39 is 6.10 Å². The van der Waals surface area contributed by atoms with Gasteiger partial charge in [0.25, 0.3) is 5.91 Å². The molecule has 0 fully saturated rings. The molecular formula is C22H22N2O3. The third-order valence-electron chi connectivity index (χ3n) is 4.11. The minimum Gasteiger partial charge on any atom is -0.481 e. The average molecular weight is 362 g/mol. The summed E-state index contributed by atoms with van der Waals surface area (Å²) in [5.41, 5.74) is 1.23. The number of benzene rings is 3. The van der Waals surface area contributed by atoms with E-state index in [-0.39, 0.29) is 11.8 Å². The Balaban J connectivity index is 1.71. The molecule has 0 radical (unpaired) electrons. The van der Waals surface area contributed by atoms with Crippen molar-refractivity contribution in [1.82, 2.24) is 0 Å². The first kappa shape index (κ1) is 18.5. The van der Waals surface area contributed by atoms with Gasteiger partial charge < -0.3 is 15.4 Å². The van der Waals surface area contributed by atoms with Crippen LogP contribution < -0.4 is 15.4 Å². The fraction of sp³-hybridized carbons (Fsp3) is 0.182. The van der Waals surface area contributed by atoms with Gasteiger partial charge in [0.1, 0.15) is 5.75 Å². The Morgan fingerprint density at radius 2 is 1.59 bits per heavy atom. The number of rotatable bonds is 6. The first-order valence-electron chi connectivity index (χ1n) is 8.89. The first-order chi connectivity index (χ1) is 13.0. The molecule has 2 amide bonds. The Kier molecular flexibility index (Phi) is 5.71. The smallest absolute Gasteiger partial charge is 0.265 e. The predicted molar refractivity (Wildman–Crippen MR) is 108 cm³/mol. The second-order valence-corrected chi connectivity index (χ2v) is 6.27. The van der Waals surface area contributed by atoms with Gasteiger partial charge in [-0.1, -0.05) is 43.3 Å². The van der Waals surface area contributed by atoms with Crippen LogP contribution in [0.15, 0.2) is 66.7 Å². The Bertz CT molecular complexity index is 968. The zero-order valence-electron chi connectivity index (χ0n) is 15.4. The SMILES string of the molecule is CC[C@@H](Oc1ccc2ccccc2c1)C(=O)Nc1cccc(NC(C)=O)c1. The molecule has 0 aliphatic rings. The lowest BCUT2D eigenvalue weighted by Crippen LogP contribution is -2.32. The van der Waals surface area contributed by atoms with E-state index in [1.807, 2.05) is 49.4 Å². The minimum absolute atomic E-state index is 0.162. The van der Waals surface area contributed by atoms with Crippen LogP contribution in [0.4, 0.5) is 11.4 Å². The van der Waals surface area contributed by atoms with Gasteiger partial charge in [-0.25, -0.2) is 0 Å². The van der Waals surface area contributed by atoms with Gasteiger partial charge in [0.15, 0.2) is 6.10 Å². The van der Waals surface area contributed by atoms with E-state index >= 15 is 0 Å². The molecule has 3 rings (SSSR count). The topological polar surface area (TPSA) is 67.4 Å². The predicted octanol–water partition coefficient (Wildman–Crippen LogP) is 4.59. The summed E-state index contributed by atoms with van der Waals surface area (Å²) in [5, 5.41) is 7.73. The quantitative estimate of drug-likeness (QED) is 0.674. The third-order valence-corrected chi connectivity index (χ3v) is 4.11. The molecule has 3 aromatic rings. The van der Waals surface area contributed by atoms with Crippen molar-refractivity contribution in [2.24, 2.45) is 0 Å². The molecule has 27 heavy (non-hydrogen) atoms. The summed E-state index contributed by atoms with van der Waals surface area (Å²) in [4.78, 5) is 23.8. The summed E-state index contributed by atoms with van der Waals surface area (Å²) in [6.45, 7) is 3.34. The van der Waals surface area contributed by atoms with E-state index in [0.717, 1.165) is 10.8 Å². The van der Waals surface area contributed by atoms with Gasteiger partial charge in [-0.15, -0.1) is 0 Å². The van der Waals surface area contributed by atoms with Crippen LogP contribution >= 0.6 is 0 Å². The second kappa shape index (κ2) is 8.36. The number of fused-ring (bicyclic) bond motifs is 1. The minimum atomic E-state index is -0.615. The maximum atomic E-state index is 12.6. The van der Waals surface area contributed by atoms with E-state index in [1.54, 1.807) is 24.3 Å². The van der Waals surface area contributed by atoms with Crippen LogP contribution in [0.2, 0.25) is 0 Å². The molecule has 138 valence electrons. The lowest BCUT2D eigenvalue weighted by atomic mass is 10.1. The van der Waals surface area contributed by atoms with Gasteiger partial charge >= 0.3 is 0 Å². The van der Waals surface area contributed by atoms with Gasteiger partial charge in [0.05, 0.1) is 0 Å². The molecule has 0 aromatic heterocycles. The Hall–Kier alpha value is -3.34. The molecule has 0 aliphatic heterocycles. The van der Waals surface area contributed by atoms with Crippen LogP contribution in [-0.4, -0.2) is 17.9 Å². The Labute approximate surface area is 158 Å². The summed E-state index contributed by atoms with van der Waals surface area (Å²) in [6, 6.07) is 20.8. The Morgan fingerprint density at radius 3 is 2.30 bits per heavy atom. The van der Waals surface area contributed by atoms with E-state index in [2.05, 4.69) is 10.6 Å². The van der Waals surface area contributed by atoms with Gasteiger partial charge in [-0.05, 0) is 47.5 Å². The van der Waals surface area contributed by atoms with E-state index in [9.17, 15) is 9.59 Å². The fourth-order valence-electron chi connectivity index (χ4n) is 2.83. The average Bonchev–Trinajstić information content (AvgIpc) is 2.65. The summed E-state index contributed by atoms with van der Waals surface area (Å²) in [5.74, 6) is 0.262. The standard InChI is InChI=1S/C22H22N2O3/c1-3-21(27-20-12-11-16-7-4-5-8-17(16)13-20)22(26)24-19-10-6-9-18(14-19)23-15(2)25/h4-14,21H,3H2,1-2H3,(H,23,25)(H,24,26)/t21-/m1/s1. The molecule has 3 aromatic carbocycles. The van der Waals surface area contributed by atoms with Gasteiger partial charge in [-0.2, -0.15) is 0 Å². The number of nitrogens with one attached hydrogen (secondary N) is 2. The van der Waals surface area contributed by atoms with Crippen LogP contribution in [-0.2, 0) is 9.59 Å². The number of carbonyl (C=O) groups is 2. The summed E-state index contributed by atoms with van der Waals surface area (Å²) >= 11 is 0. The summed E-state index contributed by atoms with van der Waals surface area (Å²) in [6.07, 6.45) is -0.0834. The van der Waals surface area contributed by atoms with Crippen LogP contribution in [0.1, 0.15) is 20.3 Å². The molecule has 0 unspecified atom stereocenters. The molecule has 0 aliphatic carbocycles. The van der Waals surface area contributed by atoms with Crippen LogP contribution in [0, 0.1) is 0 Å². The zero-order valence-corrected chi connectivity index (χ0v) is 15.4. The molecule has 0 bridgehead atoms. The normalized spacial score (nSPS) is 11.6. The summed E-state index contributed by atoms with van der Waals surface area (Å²) in [7, 11) is 0. The van der Waals surface area contributed by atoms with Crippen molar-refractivity contribution in [3.63, 3.8) is 0 Å². The molecule has 5 heteroatoms. The van der Waals surface area contributed by atoms with Crippen molar-refractivity contribution in [1.29, 1.82) is 0 Å². The van der Waals surface area contributed by atoms with Crippen molar-refractivity contribution >= 4 is 34.0 Å². The zero-order chi connectivity index (χ0) is 19.2. The van der Waals surface area contributed by atoms with Gasteiger partial charge in [0.2, 0.25) is 5.91 Å². The van der Waals surface area contributed by atoms with Gasteiger partial charge in [0, 0.05) is 18.3 Å². The maximum absolute atomic E-state index is 12.6. The van der Waals surface area contributed by atoms with Crippen LogP contribution in [0.3, 0.4) is 0 Å². The molecular weight excluding hydrogens is 340 g/mol. The van der Waals surface area contributed by atoms with Crippen molar-refractivity contribution in [3.8, 4) is 5.75 Å². The Morgan fingerprint density at radius 1 is 0.889 bits per heavy atom. The molecule has 0 saturated carbocycles. The van der Waals surface area contributed by atoms with E-state index in [1.165, 1.54) is 6.92 Å². The van der Waals surface area contributed by atoms with Crippen molar-refractivity contribution in [2.45, 2.75) is 26.4 Å². The number of carbonyl (C=O) groups excluding carboxylic acids is 2. The number of amides is 2. The highest BCUT2D eigenvalue weighted by Crippen LogP contribution is 2.23. The number of ether oxygens (including phenoxy) is 1. The number of hydrogen-bond donors (Lipinski definition) is 2. The molecule has 0 heterocycles. The lowest BCUT2D eigenvalue weighted by molar-refractivity contribution is -0.122. The molecule has 0 spiro atoms. The highest BCUT2D eigenvalue weighted by atomic mass is 16.5. The second-order valence-electron chi connectivity index (χ2n) is 6.27. The van der Waals surface area contributed by atoms with E-state index in [0.29, 0.717) is 23.5 Å². The van der Waals surface area contributed by atoms with Crippen molar-refractivity contribution < 1.29 is 14.3 Å². The van der Waals surface area contributed by atoms with Gasteiger partial charge in [-0.3, -0.25) is 9.59 Å². The molecule has 0 saturated heterocycles. The number of anilines is 2. The molecule has 1 atom stereocenters. The molecule has 2 N–H and O–H groups in total. The van der Waals surface area contributed by atoms with Crippen LogP contribution in [0.25, 0.3) is 10.8 Å². The van der Waals surface area contributed by atoms with E-state index in [4.69, 9.17) is 4.74 Å². The van der Waals surface area contributed by atoms with Crippen molar-refractivity contribution in [3.05, 3.63) is 66.7 Å². The highest BCUT2D eigenvalue weighted by Gasteiger charge is 2.19. The van der Waals surface area contributed by atoms with Crippen molar-refractivity contribution in [2.75, 3.05) is 10.6 Å². The highest BCUT2D eigenvalue weighted by molar-refractivity contribution is 5.96. The summed E-state index contributed by atoms with van der Waals surface area (Å²) < 4.78 is 5.92. The monoisotopic (exact) mass is 362 g/mol. The first-order valence-corrected chi connectivity index (χ1v) is 8.89.